The number of para-hydroxylation sites is 2. The van der Waals surface area contributed by atoms with Gasteiger partial charge in [-0.2, -0.15) is 0 Å². The van der Waals surface area contributed by atoms with E-state index in [-0.39, 0.29) is 0 Å². The summed E-state index contributed by atoms with van der Waals surface area (Å²) in [5, 5.41) is 0. The summed E-state index contributed by atoms with van der Waals surface area (Å²) in [4.78, 5) is 11.8. The number of hydrogen-bond donors (Lipinski definition) is 0. The minimum atomic E-state index is 0.561. The Kier molecular flexibility index (Phi) is 3.12. The summed E-state index contributed by atoms with van der Waals surface area (Å²) >= 11 is 0. The van der Waals surface area contributed by atoms with Crippen LogP contribution in [0.2, 0.25) is 0 Å². The van der Waals surface area contributed by atoms with Crippen LogP contribution in [0.1, 0.15) is 42.3 Å². The van der Waals surface area contributed by atoms with Crippen molar-refractivity contribution in [3.63, 3.8) is 0 Å². The minimum absolute atomic E-state index is 0.561. The van der Waals surface area contributed by atoms with Crippen LogP contribution in [0.4, 0.5) is 5.95 Å². The Hall–Kier alpha value is -2.36. The van der Waals surface area contributed by atoms with Gasteiger partial charge in [-0.3, -0.25) is 4.98 Å². The predicted octanol–water partition coefficient (Wildman–Crippen LogP) is 4.07. The number of nitrogens with zero attached hydrogens (tertiary/aromatic N) is 4. The Bertz CT molecular complexity index is 894. The quantitative estimate of drug-likeness (QED) is 0.730. The third-order valence-corrected chi connectivity index (χ3v) is 5.48. The normalized spacial score (nSPS) is 20.9. The van der Waals surface area contributed by atoms with Gasteiger partial charge < -0.3 is 9.47 Å². The largest absolute Gasteiger partial charge is 0.342 e. The summed E-state index contributed by atoms with van der Waals surface area (Å²) in [5.41, 5.74) is 5.16. The van der Waals surface area contributed by atoms with Crippen LogP contribution in [0.15, 0.2) is 42.7 Å². The van der Waals surface area contributed by atoms with Crippen LogP contribution >= 0.6 is 0 Å². The maximum Gasteiger partial charge on any atom is 0.206 e. The molecule has 0 spiro atoms. The molecular formula is C20H22N4. The fraction of sp³-hybridized carbons (Fsp3) is 0.400. The van der Waals surface area contributed by atoms with Crippen molar-refractivity contribution in [1.82, 2.24) is 14.5 Å². The Balaban J connectivity index is 1.51. The van der Waals surface area contributed by atoms with Gasteiger partial charge in [0.2, 0.25) is 5.95 Å². The van der Waals surface area contributed by atoms with Crippen molar-refractivity contribution in [2.45, 2.75) is 38.1 Å². The van der Waals surface area contributed by atoms with Crippen molar-refractivity contribution in [3.8, 4) is 0 Å². The number of aryl methyl sites for hydroxylation is 1. The summed E-state index contributed by atoms with van der Waals surface area (Å²) in [7, 11) is 0. The summed E-state index contributed by atoms with van der Waals surface area (Å²) in [6.45, 7) is 4.32. The molecule has 2 fully saturated rings. The molecule has 1 aliphatic heterocycles. The van der Waals surface area contributed by atoms with Crippen molar-refractivity contribution in [2.75, 3.05) is 18.0 Å². The number of aromatic nitrogens is 3. The molecule has 4 heteroatoms. The molecule has 2 aromatic heterocycles. The fourth-order valence-electron chi connectivity index (χ4n) is 4.05. The van der Waals surface area contributed by atoms with Crippen LogP contribution in [0.3, 0.4) is 0 Å². The Labute approximate surface area is 142 Å². The minimum Gasteiger partial charge on any atom is -0.342 e. The molecule has 2 aliphatic rings. The van der Waals surface area contributed by atoms with E-state index in [0.717, 1.165) is 18.6 Å². The van der Waals surface area contributed by atoms with E-state index in [2.05, 4.69) is 51.7 Å². The van der Waals surface area contributed by atoms with Crippen molar-refractivity contribution in [2.24, 2.45) is 0 Å². The molecule has 3 heterocycles. The Morgan fingerprint density at radius 1 is 1.08 bits per heavy atom. The Morgan fingerprint density at radius 3 is 2.79 bits per heavy atom. The lowest BCUT2D eigenvalue weighted by atomic mass is 9.96. The van der Waals surface area contributed by atoms with Gasteiger partial charge in [0.15, 0.2) is 0 Å². The fourth-order valence-corrected chi connectivity index (χ4v) is 4.05. The average Bonchev–Trinajstić information content (AvgIpc) is 3.20. The van der Waals surface area contributed by atoms with Gasteiger partial charge in [0.1, 0.15) is 0 Å². The molecule has 1 aromatic carbocycles. The van der Waals surface area contributed by atoms with E-state index >= 15 is 0 Å². The first kappa shape index (κ1) is 14.0. The molecule has 122 valence electrons. The second-order valence-corrected chi connectivity index (χ2v) is 7.17. The third-order valence-electron chi connectivity index (χ3n) is 5.48. The van der Waals surface area contributed by atoms with Gasteiger partial charge in [-0.05, 0) is 55.5 Å². The van der Waals surface area contributed by atoms with Crippen LogP contribution in [-0.4, -0.2) is 27.6 Å². The number of pyridine rings is 1. The van der Waals surface area contributed by atoms with Crippen LogP contribution in [0.25, 0.3) is 11.0 Å². The van der Waals surface area contributed by atoms with E-state index in [1.54, 1.807) is 0 Å². The highest BCUT2D eigenvalue weighted by Crippen LogP contribution is 2.42. The second kappa shape index (κ2) is 5.33. The van der Waals surface area contributed by atoms with Crippen molar-refractivity contribution in [1.29, 1.82) is 0 Å². The van der Waals surface area contributed by atoms with Crippen molar-refractivity contribution < 1.29 is 0 Å². The maximum atomic E-state index is 4.98. The van der Waals surface area contributed by atoms with Gasteiger partial charge in [0.05, 0.1) is 11.0 Å². The molecule has 1 aliphatic carbocycles. The monoisotopic (exact) mass is 318 g/mol. The third kappa shape index (κ3) is 2.20. The smallest absolute Gasteiger partial charge is 0.206 e. The topological polar surface area (TPSA) is 34.0 Å². The number of hydrogen-bond acceptors (Lipinski definition) is 3. The molecule has 1 atom stereocenters. The van der Waals surface area contributed by atoms with E-state index in [9.17, 15) is 0 Å². The molecule has 0 bridgehead atoms. The molecule has 24 heavy (non-hydrogen) atoms. The maximum absolute atomic E-state index is 4.98. The number of imidazole rings is 1. The Morgan fingerprint density at radius 2 is 1.96 bits per heavy atom. The molecule has 0 radical (unpaired) electrons. The van der Waals surface area contributed by atoms with Crippen molar-refractivity contribution >= 4 is 17.0 Å². The molecule has 0 amide bonds. The van der Waals surface area contributed by atoms with Gasteiger partial charge >= 0.3 is 0 Å². The van der Waals surface area contributed by atoms with Gasteiger partial charge in [-0.1, -0.05) is 12.1 Å². The summed E-state index contributed by atoms with van der Waals surface area (Å²) in [5.74, 6) is 1.73. The van der Waals surface area contributed by atoms with E-state index < -0.39 is 0 Å². The van der Waals surface area contributed by atoms with E-state index in [4.69, 9.17) is 4.98 Å². The summed E-state index contributed by atoms with van der Waals surface area (Å²) in [6, 6.07) is 11.3. The van der Waals surface area contributed by atoms with E-state index in [1.165, 1.54) is 41.9 Å². The lowest BCUT2D eigenvalue weighted by molar-refractivity contribution is 0.725. The molecule has 3 aromatic rings. The first-order valence-electron chi connectivity index (χ1n) is 8.93. The summed E-state index contributed by atoms with van der Waals surface area (Å²) < 4.78 is 2.48. The zero-order chi connectivity index (χ0) is 16.1. The first-order valence-corrected chi connectivity index (χ1v) is 8.93. The SMILES string of the molecule is Cc1ccncc1C1CCN(c2nc3ccccc3n2C2CC2)C1. The number of anilines is 1. The van der Waals surface area contributed by atoms with Crippen LogP contribution in [-0.2, 0) is 0 Å². The molecule has 1 saturated heterocycles. The zero-order valence-electron chi connectivity index (χ0n) is 14.0. The molecule has 4 nitrogen and oxygen atoms in total. The lowest BCUT2D eigenvalue weighted by Crippen LogP contribution is -2.23. The highest BCUT2D eigenvalue weighted by atomic mass is 15.3. The van der Waals surface area contributed by atoms with Crippen LogP contribution in [0.5, 0.6) is 0 Å². The predicted molar refractivity (Wildman–Crippen MR) is 96.5 cm³/mol. The van der Waals surface area contributed by atoms with Gasteiger partial charge in [-0.25, -0.2) is 4.98 Å². The molecular weight excluding hydrogens is 296 g/mol. The zero-order valence-corrected chi connectivity index (χ0v) is 14.0. The standard InChI is InChI=1S/C20H22N4/c1-14-8-10-21-12-17(14)15-9-11-23(13-15)20-22-18-4-2-3-5-19(18)24(20)16-6-7-16/h2-5,8,10,12,15-16H,6-7,9,11,13H2,1H3. The molecule has 0 N–H and O–H groups in total. The lowest BCUT2D eigenvalue weighted by Gasteiger charge is -2.20. The van der Waals surface area contributed by atoms with Gasteiger partial charge in [0.25, 0.3) is 0 Å². The van der Waals surface area contributed by atoms with Crippen LogP contribution in [0, 0.1) is 6.92 Å². The number of rotatable bonds is 3. The van der Waals surface area contributed by atoms with Gasteiger partial charge in [-0.15, -0.1) is 0 Å². The molecule has 1 saturated carbocycles. The molecule has 5 rings (SSSR count). The van der Waals surface area contributed by atoms with Crippen LogP contribution < -0.4 is 4.90 Å². The molecule has 1 unspecified atom stereocenters. The second-order valence-electron chi connectivity index (χ2n) is 7.17. The first-order chi connectivity index (χ1) is 11.8. The highest BCUT2D eigenvalue weighted by molar-refractivity contribution is 5.79. The van der Waals surface area contributed by atoms with Crippen molar-refractivity contribution in [3.05, 3.63) is 53.9 Å². The number of fused-ring (bicyclic) bond motifs is 1. The van der Waals surface area contributed by atoms with E-state index in [0.29, 0.717) is 12.0 Å². The highest BCUT2D eigenvalue weighted by Gasteiger charge is 2.33. The summed E-state index contributed by atoms with van der Waals surface area (Å²) in [6.07, 6.45) is 7.69. The van der Waals surface area contributed by atoms with E-state index in [1.807, 2.05) is 12.4 Å². The number of benzene rings is 1. The average molecular weight is 318 g/mol. The van der Waals surface area contributed by atoms with Gasteiger partial charge in [0, 0.05) is 37.4 Å².